The molecule has 0 spiro atoms. The fourth-order valence-electron chi connectivity index (χ4n) is 1.90. The average molecular weight is 324 g/mol. The topological polar surface area (TPSA) is 54.0 Å². The fraction of sp³-hybridized carbons (Fsp3) is 0.333. The number of pyridine rings is 1. The molecule has 0 aromatic carbocycles. The summed E-state index contributed by atoms with van der Waals surface area (Å²) in [6, 6.07) is 5.49. The van der Waals surface area contributed by atoms with E-state index >= 15 is 0 Å². The molecule has 2 heterocycles. The highest BCUT2D eigenvalue weighted by atomic mass is 35.5. The number of rotatable bonds is 6. The molecule has 0 aliphatic heterocycles. The van der Waals surface area contributed by atoms with Gasteiger partial charge in [0.1, 0.15) is 0 Å². The molecule has 0 aliphatic carbocycles. The highest BCUT2D eigenvalue weighted by Gasteiger charge is 2.16. The lowest BCUT2D eigenvalue weighted by atomic mass is 10.2. The van der Waals surface area contributed by atoms with Crippen LogP contribution in [-0.4, -0.2) is 17.4 Å². The van der Waals surface area contributed by atoms with Crippen LogP contribution in [0.25, 0.3) is 0 Å². The molecule has 2 aromatic rings. The first-order valence-corrected chi connectivity index (χ1v) is 8.05. The molecule has 2 rings (SSSR count). The van der Waals surface area contributed by atoms with Gasteiger partial charge in [0, 0.05) is 23.8 Å². The molecule has 6 heteroatoms. The Labute approximate surface area is 133 Å². The van der Waals surface area contributed by atoms with Crippen LogP contribution in [0.2, 0.25) is 4.34 Å². The van der Waals surface area contributed by atoms with Crippen LogP contribution in [-0.2, 0) is 0 Å². The van der Waals surface area contributed by atoms with Gasteiger partial charge in [-0.25, -0.2) is 0 Å². The number of carbonyl (C=O) groups excluding carboxylic acids is 1. The minimum Gasteiger partial charge on any atom is -0.384 e. The second kappa shape index (κ2) is 7.43. The quantitative estimate of drug-likeness (QED) is 0.841. The highest BCUT2D eigenvalue weighted by Crippen LogP contribution is 2.27. The molecule has 1 atom stereocenters. The van der Waals surface area contributed by atoms with Gasteiger partial charge >= 0.3 is 0 Å². The van der Waals surface area contributed by atoms with Crippen LogP contribution >= 0.6 is 22.9 Å². The Morgan fingerprint density at radius 2 is 2.24 bits per heavy atom. The number of carbonyl (C=O) groups is 1. The standard InChI is InChI=1S/C15H18ClN3OS/c1-3-7-18-12-6-8-17-9-11(12)15(20)19-10(2)13-4-5-14(16)21-13/h4-6,8-10H,3,7H2,1-2H3,(H,17,18)(H,19,20). The van der Waals surface area contributed by atoms with Crippen molar-refractivity contribution in [2.75, 3.05) is 11.9 Å². The predicted molar refractivity (Wildman–Crippen MR) is 88.2 cm³/mol. The third kappa shape index (κ3) is 4.19. The molecule has 0 aliphatic rings. The van der Waals surface area contributed by atoms with Gasteiger partial charge in [0.05, 0.1) is 21.6 Å². The summed E-state index contributed by atoms with van der Waals surface area (Å²) < 4.78 is 0.720. The van der Waals surface area contributed by atoms with Gasteiger partial charge in [0.25, 0.3) is 5.91 Å². The molecular weight excluding hydrogens is 306 g/mol. The van der Waals surface area contributed by atoms with Crippen molar-refractivity contribution in [3.05, 3.63) is 45.4 Å². The minimum absolute atomic E-state index is 0.0887. The van der Waals surface area contributed by atoms with Crippen LogP contribution < -0.4 is 10.6 Å². The molecule has 4 nitrogen and oxygen atoms in total. The van der Waals surface area contributed by atoms with Crippen molar-refractivity contribution in [2.24, 2.45) is 0 Å². The van der Waals surface area contributed by atoms with Crippen LogP contribution in [0.4, 0.5) is 5.69 Å². The predicted octanol–water partition coefficient (Wildman–Crippen LogP) is 4.11. The number of halogens is 1. The first-order chi connectivity index (χ1) is 10.1. The number of thiophene rings is 1. The van der Waals surface area contributed by atoms with E-state index in [1.165, 1.54) is 11.3 Å². The third-order valence-corrected chi connectivity index (χ3v) is 4.41. The van der Waals surface area contributed by atoms with Crippen LogP contribution in [0.3, 0.4) is 0 Å². The van der Waals surface area contributed by atoms with Crippen LogP contribution in [0.15, 0.2) is 30.6 Å². The molecule has 1 unspecified atom stereocenters. The third-order valence-electron chi connectivity index (χ3n) is 3.00. The van der Waals surface area contributed by atoms with Gasteiger partial charge in [-0.1, -0.05) is 18.5 Å². The smallest absolute Gasteiger partial charge is 0.255 e. The molecule has 1 amide bonds. The van der Waals surface area contributed by atoms with Gasteiger partial charge in [0.15, 0.2) is 0 Å². The Kier molecular flexibility index (Phi) is 5.59. The summed E-state index contributed by atoms with van der Waals surface area (Å²) in [5.74, 6) is -0.140. The van der Waals surface area contributed by atoms with E-state index in [0.717, 1.165) is 27.9 Å². The summed E-state index contributed by atoms with van der Waals surface area (Å²) in [5.41, 5.74) is 1.36. The van der Waals surface area contributed by atoms with Crippen molar-refractivity contribution in [1.29, 1.82) is 0 Å². The van der Waals surface area contributed by atoms with E-state index in [0.29, 0.717) is 5.56 Å². The fourth-order valence-corrected chi connectivity index (χ4v) is 2.96. The second-order valence-corrected chi connectivity index (χ2v) is 6.43. The lowest BCUT2D eigenvalue weighted by Crippen LogP contribution is -2.27. The maximum absolute atomic E-state index is 12.4. The summed E-state index contributed by atoms with van der Waals surface area (Å²) in [5, 5.41) is 6.22. The van der Waals surface area contributed by atoms with Crippen molar-refractivity contribution in [2.45, 2.75) is 26.3 Å². The zero-order valence-electron chi connectivity index (χ0n) is 12.0. The number of anilines is 1. The zero-order valence-corrected chi connectivity index (χ0v) is 13.6. The number of nitrogens with one attached hydrogen (secondary N) is 2. The van der Waals surface area contributed by atoms with Gasteiger partial charge in [-0.2, -0.15) is 0 Å². The van der Waals surface area contributed by atoms with Gasteiger partial charge in [-0.05, 0) is 31.5 Å². The normalized spacial score (nSPS) is 12.0. The van der Waals surface area contributed by atoms with Crippen molar-refractivity contribution in [3.63, 3.8) is 0 Å². The second-order valence-electron chi connectivity index (χ2n) is 4.69. The molecule has 0 saturated heterocycles. The van der Waals surface area contributed by atoms with E-state index in [1.807, 2.05) is 25.1 Å². The Hall–Kier alpha value is -1.59. The maximum Gasteiger partial charge on any atom is 0.255 e. The van der Waals surface area contributed by atoms with Crippen molar-refractivity contribution < 1.29 is 4.79 Å². The maximum atomic E-state index is 12.4. The van der Waals surface area contributed by atoms with Crippen LogP contribution in [0.1, 0.15) is 41.5 Å². The van der Waals surface area contributed by atoms with E-state index in [4.69, 9.17) is 11.6 Å². The van der Waals surface area contributed by atoms with E-state index < -0.39 is 0 Å². The van der Waals surface area contributed by atoms with E-state index in [9.17, 15) is 4.79 Å². The minimum atomic E-state index is -0.140. The van der Waals surface area contributed by atoms with E-state index in [2.05, 4.69) is 22.5 Å². The monoisotopic (exact) mass is 323 g/mol. The van der Waals surface area contributed by atoms with Gasteiger partial charge in [0.2, 0.25) is 0 Å². The number of amides is 1. The molecule has 2 N–H and O–H groups in total. The summed E-state index contributed by atoms with van der Waals surface area (Å²) >= 11 is 7.40. The van der Waals surface area contributed by atoms with Gasteiger partial charge in [-0.15, -0.1) is 11.3 Å². The molecule has 21 heavy (non-hydrogen) atoms. The van der Waals surface area contributed by atoms with Gasteiger partial charge < -0.3 is 10.6 Å². The number of hydrogen-bond donors (Lipinski definition) is 2. The van der Waals surface area contributed by atoms with Crippen molar-refractivity contribution in [1.82, 2.24) is 10.3 Å². The molecule has 0 radical (unpaired) electrons. The summed E-state index contributed by atoms with van der Waals surface area (Å²) in [4.78, 5) is 17.5. The van der Waals surface area contributed by atoms with Crippen molar-refractivity contribution in [3.8, 4) is 0 Å². The number of aromatic nitrogens is 1. The highest BCUT2D eigenvalue weighted by molar-refractivity contribution is 7.16. The summed E-state index contributed by atoms with van der Waals surface area (Å²) in [6.07, 6.45) is 4.26. The van der Waals surface area contributed by atoms with Crippen molar-refractivity contribution >= 4 is 34.5 Å². The Balaban J connectivity index is 2.09. The molecule has 112 valence electrons. The lowest BCUT2D eigenvalue weighted by molar-refractivity contribution is 0.0941. The molecule has 2 aromatic heterocycles. The van der Waals surface area contributed by atoms with E-state index in [1.54, 1.807) is 12.4 Å². The number of nitrogens with zero attached hydrogens (tertiary/aromatic N) is 1. The molecule has 0 fully saturated rings. The molecule has 0 saturated carbocycles. The summed E-state index contributed by atoms with van der Waals surface area (Å²) in [7, 11) is 0. The SMILES string of the molecule is CCCNc1ccncc1C(=O)NC(C)c1ccc(Cl)s1. The van der Waals surface area contributed by atoms with Crippen LogP contribution in [0.5, 0.6) is 0 Å². The molecular formula is C15H18ClN3OS. The Bertz CT molecular complexity index is 614. The van der Waals surface area contributed by atoms with Crippen LogP contribution in [0, 0.1) is 0 Å². The lowest BCUT2D eigenvalue weighted by Gasteiger charge is -2.15. The Morgan fingerprint density at radius 1 is 1.43 bits per heavy atom. The van der Waals surface area contributed by atoms with E-state index in [-0.39, 0.29) is 11.9 Å². The van der Waals surface area contributed by atoms with Gasteiger partial charge in [-0.3, -0.25) is 9.78 Å². The average Bonchev–Trinajstić information content (AvgIpc) is 2.92. The molecule has 0 bridgehead atoms. The first kappa shape index (κ1) is 15.8. The largest absolute Gasteiger partial charge is 0.384 e. The number of hydrogen-bond acceptors (Lipinski definition) is 4. The summed E-state index contributed by atoms with van der Waals surface area (Å²) in [6.45, 7) is 4.84. The first-order valence-electron chi connectivity index (χ1n) is 6.85. The Morgan fingerprint density at radius 3 is 2.90 bits per heavy atom. The zero-order chi connectivity index (χ0) is 15.2.